The van der Waals surface area contributed by atoms with E-state index >= 15 is 0 Å². The van der Waals surface area contributed by atoms with E-state index in [1.807, 2.05) is 12.1 Å². The lowest BCUT2D eigenvalue weighted by molar-refractivity contribution is 0.0992. The summed E-state index contributed by atoms with van der Waals surface area (Å²) in [5.74, 6) is -0.255. The van der Waals surface area contributed by atoms with Crippen LogP contribution in [0.3, 0.4) is 0 Å². The van der Waals surface area contributed by atoms with E-state index in [9.17, 15) is 4.79 Å². The molecule has 1 aliphatic rings. The second-order valence-corrected chi connectivity index (χ2v) is 11.3. The topological polar surface area (TPSA) is 51.0 Å². The monoisotopic (exact) mass is 262 g/mol. The first-order chi connectivity index (χ1) is 8.47. The molecule has 2 rings (SSSR count). The fraction of sp³-hybridized carbons (Fsp3) is 0.462. The molecule has 0 saturated heterocycles. The van der Waals surface area contributed by atoms with Gasteiger partial charge in [0.1, 0.15) is 0 Å². The molecule has 1 aromatic carbocycles. The van der Waals surface area contributed by atoms with Gasteiger partial charge in [-0.05, 0) is 17.7 Å². The van der Waals surface area contributed by atoms with Crippen LogP contribution in [0.15, 0.2) is 28.4 Å². The van der Waals surface area contributed by atoms with Crippen LogP contribution >= 0.6 is 0 Å². The van der Waals surface area contributed by atoms with Crippen molar-refractivity contribution in [3.8, 4) is 0 Å². The maximum absolute atomic E-state index is 11.6. The zero-order valence-electron chi connectivity index (χ0n) is 11.1. The van der Waals surface area contributed by atoms with E-state index in [0.717, 1.165) is 18.2 Å². The van der Waals surface area contributed by atoms with Crippen LogP contribution in [-0.2, 0) is 11.3 Å². The van der Waals surface area contributed by atoms with Gasteiger partial charge in [-0.2, -0.15) is 0 Å². The molecule has 0 saturated carbocycles. The minimum atomic E-state index is -1.06. The molecule has 4 nitrogen and oxygen atoms in total. The zero-order chi connectivity index (χ0) is 13.2. The summed E-state index contributed by atoms with van der Waals surface area (Å²) in [7, 11) is -1.06. The van der Waals surface area contributed by atoms with Gasteiger partial charge in [-0.1, -0.05) is 31.8 Å². The summed E-state index contributed by atoms with van der Waals surface area (Å²) in [5, 5.41) is 7.40. The van der Waals surface area contributed by atoms with Gasteiger partial charge in [-0.25, -0.2) is 0 Å². The van der Waals surface area contributed by atoms with Gasteiger partial charge in [0.15, 0.2) is 0 Å². The fourth-order valence-electron chi connectivity index (χ4n) is 1.75. The van der Waals surface area contributed by atoms with Crippen molar-refractivity contribution in [3.63, 3.8) is 0 Å². The molecular formula is C13H18N2O2Si. The molecule has 0 aliphatic carbocycles. The van der Waals surface area contributed by atoms with Crippen molar-refractivity contribution < 1.29 is 9.53 Å². The molecule has 0 spiro atoms. The molecule has 0 N–H and O–H groups in total. The second kappa shape index (κ2) is 5.12. The first kappa shape index (κ1) is 13.1. The lowest BCUT2D eigenvalue weighted by Crippen LogP contribution is -2.21. The van der Waals surface area contributed by atoms with Gasteiger partial charge in [0.05, 0.1) is 17.9 Å². The normalized spacial score (nSPS) is 14.1. The highest BCUT2D eigenvalue weighted by molar-refractivity contribution is 6.76. The SMILES string of the molecule is C[Si](C)(C)CCOCc1cccc2c1C(=O)N=N2. The largest absolute Gasteiger partial charge is 0.377 e. The molecule has 5 heteroatoms. The third kappa shape index (κ3) is 3.11. The molecule has 0 bridgehead atoms. The average molecular weight is 262 g/mol. The summed E-state index contributed by atoms with van der Waals surface area (Å²) in [4.78, 5) is 11.6. The van der Waals surface area contributed by atoms with E-state index in [-0.39, 0.29) is 5.91 Å². The Labute approximate surface area is 108 Å². The molecule has 1 aromatic rings. The van der Waals surface area contributed by atoms with Crippen LogP contribution in [-0.4, -0.2) is 20.6 Å². The molecule has 0 fully saturated rings. The molecule has 1 amide bonds. The van der Waals surface area contributed by atoms with E-state index in [2.05, 4.69) is 29.9 Å². The Kier molecular flexibility index (Phi) is 3.73. The van der Waals surface area contributed by atoms with Crippen LogP contribution in [0.5, 0.6) is 0 Å². The number of rotatable bonds is 5. The van der Waals surface area contributed by atoms with E-state index in [0.29, 0.717) is 17.9 Å². The van der Waals surface area contributed by atoms with Crippen LogP contribution in [0.1, 0.15) is 15.9 Å². The number of hydrogen-bond acceptors (Lipinski definition) is 3. The van der Waals surface area contributed by atoms with Gasteiger partial charge in [0, 0.05) is 14.7 Å². The molecule has 0 aromatic heterocycles. The Morgan fingerprint density at radius 3 is 2.72 bits per heavy atom. The number of hydrogen-bond donors (Lipinski definition) is 0. The van der Waals surface area contributed by atoms with E-state index in [1.54, 1.807) is 6.07 Å². The molecule has 0 radical (unpaired) electrons. The molecule has 0 atom stereocenters. The van der Waals surface area contributed by atoms with Gasteiger partial charge in [0.2, 0.25) is 0 Å². The van der Waals surface area contributed by atoms with Crippen LogP contribution in [0.2, 0.25) is 25.7 Å². The van der Waals surface area contributed by atoms with Gasteiger partial charge < -0.3 is 4.74 Å². The Bertz CT molecular complexity index is 492. The average Bonchev–Trinajstić information content (AvgIpc) is 2.66. The first-order valence-electron chi connectivity index (χ1n) is 6.13. The first-order valence-corrected chi connectivity index (χ1v) is 9.84. The van der Waals surface area contributed by atoms with Crippen molar-refractivity contribution in [3.05, 3.63) is 29.3 Å². The van der Waals surface area contributed by atoms with Crippen molar-refractivity contribution >= 4 is 19.7 Å². The third-order valence-electron chi connectivity index (χ3n) is 2.85. The fourth-order valence-corrected chi connectivity index (χ4v) is 2.50. The van der Waals surface area contributed by atoms with Crippen molar-refractivity contribution in [2.45, 2.75) is 32.3 Å². The van der Waals surface area contributed by atoms with Crippen LogP contribution in [0.4, 0.5) is 5.69 Å². The Hall–Kier alpha value is -1.33. The number of azo groups is 1. The Balaban J connectivity index is 1.96. The van der Waals surface area contributed by atoms with E-state index < -0.39 is 8.07 Å². The quantitative estimate of drug-likeness (QED) is 0.599. The van der Waals surface area contributed by atoms with E-state index in [4.69, 9.17) is 4.74 Å². The summed E-state index contributed by atoms with van der Waals surface area (Å²) >= 11 is 0. The highest BCUT2D eigenvalue weighted by atomic mass is 28.3. The molecular weight excluding hydrogens is 244 g/mol. The number of nitrogens with zero attached hydrogens (tertiary/aromatic N) is 2. The van der Waals surface area contributed by atoms with Gasteiger partial charge in [-0.3, -0.25) is 4.79 Å². The van der Waals surface area contributed by atoms with Crippen LogP contribution < -0.4 is 0 Å². The maximum atomic E-state index is 11.6. The number of carbonyl (C=O) groups excluding carboxylic acids is 1. The van der Waals surface area contributed by atoms with Gasteiger partial charge >= 0.3 is 0 Å². The maximum Gasteiger partial charge on any atom is 0.298 e. The van der Waals surface area contributed by atoms with Crippen molar-refractivity contribution in [1.29, 1.82) is 0 Å². The second-order valence-electron chi connectivity index (χ2n) is 5.68. The number of benzene rings is 1. The predicted molar refractivity (Wildman–Crippen MR) is 73.1 cm³/mol. The van der Waals surface area contributed by atoms with E-state index in [1.165, 1.54) is 0 Å². The number of fused-ring (bicyclic) bond motifs is 1. The van der Waals surface area contributed by atoms with Crippen molar-refractivity contribution in [2.75, 3.05) is 6.61 Å². The molecule has 96 valence electrons. The summed E-state index contributed by atoms with van der Waals surface area (Å²) in [6.45, 7) is 8.17. The smallest absolute Gasteiger partial charge is 0.298 e. The highest BCUT2D eigenvalue weighted by Crippen LogP contribution is 2.29. The number of ether oxygens (including phenoxy) is 1. The third-order valence-corrected chi connectivity index (χ3v) is 4.55. The van der Waals surface area contributed by atoms with Gasteiger partial charge in [0.25, 0.3) is 5.91 Å². The van der Waals surface area contributed by atoms with Crippen molar-refractivity contribution in [1.82, 2.24) is 0 Å². The Morgan fingerprint density at radius 2 is 2.00 bits per heavy atom. The molecule has 18 heavy (non-hydrogen) atoms. The summed E-state index contributed by atoms with van der Waals surface area (Å²) in [5.41, 5.74) is 2.15. The Morgan fingerprint density at radius 1 is 1.22 bits per heavy atom. The highest BCUT2D eigenvalue weighted by Gasteiger charge is 2.21. The van der Waals surface area contributed by atoms with Crippen molar-refractivity contribution in [2.24, 2.45) is 10.2 Å². The molecule has 1 aliphatic heterocycles. The molecule has 1 heterocycles. The summed E-state index contributed by atoms with van der Waals surface area (Å²) < 4.78 is 5.67. The minimum absolute atomic E-state index is 0.255. The zero-order valence-corrected chi connectivity index (χ0v) is 12.1. The van der Waals surface area contributed by atoms with Crippen LogP contribution in [0.25, 0.3) is 0 Å². The summed E-state index contributed by atoms with van der Waals surface area (Å²) in [6.07, 6.45) is 0. The van der Waals surface area contributed by atoms with Crippen LogP contribution in [0, 0.1) is 0 Å². The summed E-state index contributed by atoms with van der Waals surface area (Å²) in [6, 6.07) is 6.72. The lowest BCUT2D eigenvalue weighted by atomic mass is 10.1. The number of amides is 1. The number of carbonyl (C=O) groups is 1. The molecule has 0 unspecified atom stereocenters. The predicted octanol–water partition coefficient (Wildman–Crippen LogP) is 3.78. The standard InChI is InChI=1S/C13H18N2O2Si/c1-18(2,3)8-7-17-9-10-5-4-6-11-12(10)13(16)15-14-11/h4-6H,7-9H2,1-3H3. The minimum Gasteiger partial charge on any atom is -0.377 e. The van der Waals surface area contributed by atoms with Gasteiger partial charge in [-0.15, -0.1) is 10.2 Å². The lowest BCUT2D eigenvalue weighted by Gasteiger charge is -2.15.